The normalized spacial score (nSPS) is 16.6. The molecule has 0 saturated heterocycles. The van der Waals surface area contributed by atoms with Crippen LogP contribution in [0.4, 0.5) is 0 Å². The molecular weight excluding hydrogens is 278 g/mol. The quantitative estimate of drug-likeness (QED) is 0.890. The second-order valence-corrected chi connectivity index (χ2v) is 5.51. The molecule has 2 aromatic rings. The molecule has 2 aromatic carbocycles. The molecule has 1 aliphatic heterocycles. The molecule has 0 amide bonds. The maximum atomic E-state index is 11.0. The first-order chi connectivity index (χ1) is 10.7. The molecule has 1 atom stereocenters. The Kier molecular flexibility index (Phi) is 4.39. The van der Waals surface area contributed by atoms with Crippen molar-refractivity contribution in [2.75, 3.05) is 13.2 Å². The molecule has 1 heterocycles. The van der Waals surface area contributed by atoms with Crippen LogP contribution in [0.15, 0.2) is 48.5 Å². The predicted octanol–water partition coefficient (Wildman–Crippen LogP) is 3.04. The summed E-state index contributed by atoms with van der Waals surface area (Å²) in [6.07, 6.45) is 0.999. The number of fused-ring (bicyclic) bond motifs is 1. The summed E-state index contributed by atoms with van der Waals surface area (Å²) in [5.74, 6) is 0.529. The van der Waals surface area contributed by atoms with Crippen molar-refractivity contribution < 1.29 is 14.6 Å². The number of carboxylic acid groups (broad SMARTS) is 1. The molecule has 22 heavy (non-hydrogen) atoms. The molecule has 0 spiro atoms. The molecule has 3 rings (SSSR count). The van der Waals surface area contributed by atoms with E-state index >= 15 is 0 Å². The van der Waals surface area contributed by atoms with E-state index in [0.717, 1.165) is 30.9 Å². The molecule has 0 fully saturated rings. The van der Waals surface area contributed by atoms with Crippen LogP contribution in [0, 0.1) is 0 Å². The lowest BCUT2D eigenvalue weighted by atomic mass is 9.93. The van der Waals surface area contributed by atoms with Crippen LogP contribution in [0.3, 0.4) is 0 Å². The van der Waals surface area contributed by atoms with Gasteiger partial charge in [-0.05, 0) is 35.7 Å². The summed E-state index contributed by atoms with van der Waals surface area (Å²) in [7, 11) is 0. The third-order valence-corrected chi connectivity index (χ3v) is 3.98. The van der Waals surface area contributed by atoms with E-state index in [-0.39, 0.29) is 0 Å². The lowest BCUT2D eigenvalue weighted by Crippen LogP contribution is -2.25. The Hall–Kier alpha value is -2.33. The molecule has 0 bridgehead atoms. The van der Waals surface area contributed by atoms with E-state index in [2.05, 4.69) is 11.4 Å². The molecule has 0 radical (unpaired) electrons. The van der Waals surface area contributed by atoms with Gasteiger partial charge in [0, 0.05) is 19.0 Å². The van der Waals surface area contributed by atoms with E-state index in [9.17, 15) is 4.79 Å². The van der Waals surface area contributed by atoms with Crippen LogP contribution < -0.4 is 10.1 Å². The van der Waals surface area contributed by atoms with Crippen molar-refractivity contribution in [2.45, 2.75) is 18.9 Å². The van der Waals surface area contributed by atoms with Gasteiger partial charge in [-0.2, -0.15) is 0 Å². The number of benzene rings is 2. The van der Waals surface area contributed by atoms with E-state index in [1.807, 2.05) is 24.3 Å². The zero-order valence-electron chi connectivity index (χ0n) is 12.3. The molecule has 4 nitrogen and oxygen atoms in total. The van der Waals surface area contributed by atoms with Gasteiger partial charge in [0.2, 0.25) is 0 Å². The number of ether oxygens (including phenoxy) is 1. The smallest absolute Gasteiger partial charge is 0.335 e. The summed E-state index contributed by atoms with van der Waals surface area (Å²) in [4.78, 5) is 11.0. The second kappa shape index (κ2) is 6.62. The number of aromatic carboxylic acids is 1. The van der Waals surface area contributed by atoms with Crippen molar-refractivity contribution in [1.29, 1.82) is 0 Å². The lowest BCUT2D eigenvalue weighted by molar-refractivity contribution is 0.0696. The van der Waals surface area contributed by atoms with E-state index in [1.54, 1.807) is 18.2 Å². The van der Waals surface area contributed by atoms with Gasteiger partial charge in [-0.25, -0.2) is 4.79 Å². The number of nitrogens with one attached hydrogen (secondary N) is 1. The monoisotopic (exact) mass is 297 g/mol. The topological polar surface area (TPSA) is 58.6 Å². The standard InChI is InChI=1S/C18H19NO3/c20-18(21)14-5-3-4-13(10-14)11-19-12-15-8-9-22-17-7-2-1-6-16(15)17/h1-7,10,15,19H,8-9,11-12H2,(H,20,21). The SMILES string of the molecule is O=C(O)c1cccc(CNCC2CCOc3ccccc32)c1. The Bertz CT molecular complexity index is 669. The maximum Gasteiger partial charge on any atom is 0.335 e. The van der Waals surface area contributed by atoms with Gasteiger partial charge in [0.1, 0.15) is 5.75 Å². The molecular formula is C18H19NO3. The van der Waals surface area contributed by atoms with Crippen molar-refractivity contribution in [2.24, 2.45) is 0 Å². The van der Waals surface area contributed by atoms with E-state index in [1.165, 1.54) is 5.56 Å². The average Bonchev–Trinajstić information content (AvgIpc) is 2.55. The minimum absolute atomic E-state index is 0.329. The second-order valence-electron chi connectivity index (χ2n) is 5.51. The Morgan fingerprint density at radius 2 is 2.09 bits per heavy atom. The number of para-hydroxylation sites is 1. The van der Waals surface area contributed by atoms with E-state index in [0.29, 0.717) is 18.0 Å². The van der Waals surface area contributed by atoms with E-state index in [4.69, 9.17) is 9.84 Å². The van der Waals surface area contributed by atoms with Gasteiger partial charge < -0.3 is 15.2 Å². The Labute approximate surface area is 129 Å². The number of hydrogen-bond acceptors (Lipinski definition) is 3. The summed E-state index contributed by atoms with van der Waals surface area (Å²) in [6.45, 7) is 2.27. The van der Waals surface area contributed by atoms with Crippen LogP contribution in [0.1, 0.15) is 33.8 Å². The van der Waals surface area contributed by atoms with Gasteiger partial charge in [0.25, 0.3) is 0 Å². The van der Waals surface area contributed by atoms with E-state index < -0.39 is 5.97 Å². The zero-order chi connectivity index (χ0) is 15.4. The number of hydrogen-bond donors (Lipinski definition) is 2. The summed E-state index contributed by atoms with van der Waals surface area (Å²) in [5, 5.41) is 12.4. The minimum atomic E-state index is -0.889. The van der Waals surface area contributed by atoms with Gasteiger partial charge in [-0.1, -0.05) is 30.3 Å². The zero-order valence-corrected chi connectivity index (χ0v) is 12.3. The molecule has 0 aliphatic carbocycles. The minimum Gasteiger partial charge on any atom is -0.493 e. The van der Waals surface area contributed by atoms with Crippen LogP contribution in [-0.4, -0.2) is 24.2 Å². The summed E-state index contributed by atoms with van der Waals surface area (Å²) >= 11 is 0. The first-order valence-electron chi connectivity index (χ1n) is 7.49. The first kappa shape index (κ1) is 14.6. The van der Waals surface area contributed by atoms with Gasteiger partial charge in [0.05, 0.1) is 12.2 Å². The molecule has 2 N–H and O–H groups in total. The Morgan fingerprint density at radius 3 is 2.95 bits per heavy atom. The maximum absolute atomic E-state index is 11.0. The van der Waals surface area contributed by atoms with Crippen LogP contribution in [0.25, 0.3) is 0 Å². The molecule has 1 unspecified atom stereocenters. The third kappa shape index (κ3) is 3.28. The Morgan fingerprint density at radius 1 is 1.23 bits per heavy atom. The highest BCUT2D eigenvalue weighted by Crippen LogP contribution is 2.32. The lowest BCUT2D eigenvalue weighted by Gasteiger charge is -2.26. The predicted molar refractivity (Wildman–Crippen MR) is 84.4 cm³/mol. The fraction of sp³-hybridized carbons (Fsp3) is 0.278. The van der Waals surface area contributed by atoms with Gasteiger partial charge >= 0.3 is 5.97 Å². The molecule has 4 heteroatoms. The highest BCUT2D eigenvalue weighted by Gasteiger charge is 2.20. The van der Waals surface area contributed by atoms with Crippen LogP contribution in [0.5, 0.6) is 5.75 Å². The summed E-state index contributed by atoms with van der Waals surface area (Å²) in [5.41, 5.74) is 2.57. The fourth-order valence-electron chi connectivity index (χ4n) is 2.83. The highest BCUT2D eigenvalue weighted by molar-refractivity contribution is 5.87. The van der Waals surface area contributed by atoms with Crippen LogP contribution in [0.2, 0.25) is 0 Å². The summed E-state index contributed by atoms with van der Waals surface area (Å²) < 4.78 is 5.67. The van der Waals surface area contributed by atoms with Gasteiger partial charge in [0.15, 0.2) is 0 Å². The Balaban J connectivity index is 1.60. The van der Waals surface area contributed by atoms with Crippen molar-refractivity contribution in [3.8, 4) is 5.75 Å². The van der Waals surface area contributed by atoms with Crippen molar-refractivity contribution in [3.63, 3.8) is 0 Å². The van der Waals surface area contributed by atoms with Crippen molar-refractivity contribution >= 4 is 5.97 Å². The van der Waals surface area contributed by atoms with Crippen LogP contribution >= 0.6 is 0 Å². The highest BCUT2D eigenvalue weighted by atomic mass is 16.5. The van der Waals surface area contributed by atoms with Crippen molar-refractivity contribution in [3.05, 3.63) is 65.2 Å². The molecule has 1 aliphatic rings. The molecule has 0 aromatic heterocycles. The van der Waals surface area contributed by atoms with Gasteiger partial charge in [-0.15, -0.1) is 0 Å². The molecule has 114 valence electrons. The largest absolute Gasteiger partial charge is 0.493 e. The number of carbonyl (C=O) groups is 1. The number of rotatable bonds is 5. The summed E-state index contributed by atoms with van der Waals surface area (Å²) in [6, 6.07) is 15.2. The molecule has 0 saturated carbocycles. The fourth-order valence-corrected chi connectivity index (χ4v) is 2.83. The van der Waals surface area contributed by atoms with Crippen molar-refractivity contribution in [1.82, 2.24) is 5.32 Å². The average molecular weight is 297 g/mol. The van der Waals surface area contributed by atoms with Crippen LogP contribution in [-0.2, 0) is 6.54 Å². The van der Waals surface area contributed by atoms with Gasteiger partial charge in [-0.3, -0.25) is 0 Å². The first-order valence-corrected chi connectivity index (χ1v) is 7.49. The third-order valence-electron chi connectivity index (χ3n) is 3.98. The number of carboxylic acids is 1.